The van der Waals surface area contributed by atoms with Crippen LogP contribution in [0.4, 0.5) is 0 Å². The molecule has 1 N–H and O–H groups in total. The molecule has 1 aliphatic rings. The van der Waals surface area contributed by atoms with Gasteiger partial charge in [0.25, 0.3) is 0 Å². The fourth-order valence-corrected chi connectivity index (χ4v) is 7.55. The number of rotatable bonds is 11. The minimum atomic E-state index is -1.15. The fourth-order valence-electron chi connectivity index (χ4n) is 5.74. The minimum Gasteiger partial charge on any atom is -0.506 e. The predicted octanol–water partition coefficient (Wildman–Crippen LogP) is 10.4. The van der Waals surface area contributed by atoms with Crippen molar-refractivity contribution in [2.75, 3.05) is 13.2 Å². The molecule has 0 unspecified atom stereocenters. The van der Waals surface area contributed by atoms with Gasteiger partial charge < -0.3 is 19.3 Å². The molecule has 0 saturated heterocycles. The smallest absolute Gasteiger partial charge is 0.147 e. The average molecular weight is 780 g/mol. The van der Waals surface area contributed by atoms with E-state index in [4.69, 9.17) is 37.4 Å². The van der Waals surface area contributed by atoms with E-state index in [1.54, 1.807) is 30.6 Å². The van der Waals surface area contributed by atoms with E-state index in [9.17, 15) is 5.11 Å². The first kappa shape index (κ1) is 39.4. The van der Waals surface area contributed by atoms with Crippen molar-refractivity contribution in [3.05, 3.63) is 82.9 Å². The molecule has 6 aromatic rings. The maximum Gasteiger partial charge on any atom is 0.147 e. The summed E-state index contributed by atoms with van der Waals surface area (Å²) >= 11 is 12.2. The zero-order valence-electron chi connectivity index (χ0n) is 29.9. The molecule has 14 heteroatoms. The summed E-state index contributed by atoms with van der Waals surface area (Å²) in [5, 5.41) is 13.0. The van der Waals surface area contributed by atoms with Crippen molar-refractivity contribution in [3.63, 3.8) is 0 Å². The zero-order valence-corrected chi connectivity index (χ0v) is 33.4. The normalized spacial score (nSPS) is 12.5. The first-order valence-corrected chi connectivity index (χ1v) is 25.2. The van der Waals surface area contributed by atoms with Gasteiger partial charge in [0.2, 0.25) is 0 Å². The van der Waals surface area contributed by atoms with E-state index in [1.165, 1.54) is 0 Å². The summed E-state index contributed by atoms with van der Waals surface area (Å²) in [4.78, 5) is 17.8. The van der Waals surface area contributed by atoms with E-state index >= 15 is 0 Å². The van der Waals surface area contributed by atoms with Crippen LogP contribution in [0.3, 0.4) is 0 Å². The van der Waals surface area contributed by atoms with Gasteiger partial charge in [0.15, 0.2) is 0 Å². The fraction of sp³-hybridized carbons (Fsp3) is 0.368. The van der Waals surface area contributed by atoms with Gasteiger partial charge >= 0.3 is 0 Å². The maximum absolute atomic E-state index is 10.2. The summed E-state index contributed by atoms with van der Waals surface area (Å²) in [7, 11) is -2.27. The molecule has 10 nitrogen and oxygen atoms in total. The van der Waals surface area contributed by atoms with Gasteiger partial charge in [0, 0.05) is 58.1 Å². The Morgan fingerprint density at radius 3 is 2.04 bits per heavy atom. The number of aromatic nitrogens is 6. The minimum absolute atomic E-state index is 0. The Balaban J connectivity index is 0.000000197. The number of aromatic hydroxyl groups is 1. The Bertz CT molecular complexity index is 2160. The molecule has 0 bridgehead atoms. The highest BCUT2D eigenvalue weighted by atomic mass is 35.5. The number of pyridine rings is 4. The summed E-state index contributed by atoms with van der Waals surface area (Å²) in [6.07, 6.45) is 3.55. The lowest BCUT2D eigenvalue weighted by molar-refractivity contribution is 0.0904. The molecule has 7 heterocycles. The van der Waals surface area contributed by atoms with Crippen molar-refractivity contribution in [2.24, 2.45) is 0 Å². The lowest BCUT2D eigenvalue weighted by Crippen LogP contribution is -2.22. The van der Waals surface area contributed by atoms with Crippen molar-refractivity contribution in [1.29, 1.82) is 0 Å². The Morgan fingerprint density at radius 1 is 0.769 bits per heavy atom. The zero-order chi connectivity index (χ0) is 36.3. The third-order valence-corrected chi connectivity index (χ3v) is 12.3. The van der Waals surface area contributed by atoms with Crippen molar-refractivity contribution >= 4 is 61.4 Å². The Kier molecular flexibility index (Phi) is 12.5. The van der Waals surface area contributed by atoms with Gasteiger partial charge in [0.05, 0.1) is 11.4 Å². The van der Waals surface area contributed by atoms with Gasteiger partial charge in [-0.25, -0.2) is 19.9 Å². The van der Waals surface area contributed by atoms with Crippen LogP contribution in [0, 0.1) is 0 Å². The second kappa shape index (κ2) is 16.5. The third kappa shape index (κ3) is 9.22. The summed E-state index contributed by atoms with van der Waals surface area (Å²) < 4.78 is 21.9. The van der Waals surface area contributed by atoms with E-state index in [0.717, 1.165) is 69.2 Å². The molecule has 0 amide bonds. The second-order valence-corrected chi connectivity index (χ2v) is 27.0. The molecule has 1 aliphatic heterocycles. The quantitative estimate of drug-likeness (QED) is 0.0787. The van der Waals surface area contributed by atoms with Crippen molar-refractivity contribution in [2.45, 2.75) is 78.9 Å². The van der Waals surface area contributed by atoms with Gasteiger partial charge in [-0.1, -0.05) is 69.9 Å². The van der Waals surface area contributed by atoms with Crippen LogP contribution in [-0.2, 0) is 29.5 Å². The Labute approximate surface area is 317 Å². The van der Waals surface area contributed by atoms with E-state index in [1.807, 2.05) is 34.9 Å². The van der Waals surface area contributed by atoms with Gasteiger partial charge in [-0.05, 0) is 66.7 Å². The highest BCUT2D eigenvalue weighted by Gasteiger charge is 2.28. The maximum atomic E-state index is 10.2. The first-order valence-electron chi connectivity index (χ1n) is 17.0. The molecule has 276 valence electrons. The molecule has 52 heavy (non-hydrogen) atoms. The summed E-state index contributed by atoms with van der Waals surface area (Å²) in [5.41, 5.74) is 5.70. The van der Waals surface area contributed by atoms with E-state index < -0.39 is 16.1 Å². The molecule has 0 spiro atoms. The molecular formula is C38H48Cl2N6O4Si2. The van der Waals surface area contributed by atoms with E-state index in [-0.39, 0.29) is 13.2 Å². The van der Waals surface area contributed by atoms with Gasteiger partial charge in [-0.3, -0.25) is 9.13 Å². The first-order chi connectivity index (χ1) is 24.3. The Hall–Kier alpha value is -3.79. The van der Waals surface area contributed by atoms with Crippen LogP contribution in [0.25, 0.3) is 44.8 Å². The summed E-state index contributed by atoms with van der Waals surface area (Å²) in [5.74, 6) is 0.823. The molecule has 0 aliphatic carbocycles. The third-order valence-electron chi connectivity index (χ3n) is 8.52. The largest absolute Gasteiger partial charge is 0.506 e. The van der Waals surface area contributed by atoms with E-state index in [0.29, 0.717) is 42.7 Å². The van der Waals surface area contributed by atoms with Crippen LogP contribution in [0.2, 0.25) is 61.7 Å². The van der Waals surface area contributed by atoms with Crippen LogP contribution in [0.5, 0.6) is 11.5 Å². The molecule has 0 radical (unpaired) electrons. The number of ether oxygens (including phenoxy) is 3. The molecule has 6 aromatic heterocycles. The lowest BCUT2D eigenvalue weighted by atomic mass is 10.1. The lowest BCUT2D eigenvalue weighted by Gasteiger charge is -2.20. The van der Waals surface area contributed by atoms with Gasteiger partial charge in [-0.15, -0.1) is 0 Å². The predicted molar refractivity (Wildman–Crippen MR) is 217 cm³/mol. The molecule has 0 saturated carbocycles. The molecule has 7 rings (SSSR count). The van der Waals surface area contributed by atoms with Crippen molar-refractivity contribution in [1.82, 2.24) is 29.1 Å². The standard InChI is InChI=1S/C19H22ClN3O2Si.C18H22ClN3O2Si.CH4/c1-26(2,3)10-9-24-12-23-18-14(13-5-4-8-21-19(13)23)11-25-15-6-7-16(20)22-17(15)18;1-25(2,3)10-9-24-12-22-14(11-13-5-4-8-20-18(13)22)17-15(23)6-7-16(19)21-17;/h4-8H,9-12H2,1-3H3;4-8,11,23H,9-10,12H2,1-3H3;1H4. The molecule has 0 atom stereocenters. The molecular weight excluding hydrogens is 732 g/mol. The highest BCUT2D eigenvalue weighted by Crippen LogP contribution is 2.41. The van der Waals surface area contributed by atoms with E-state index in [2.05, 4.69) is 69.9 Å². The topological polar surface area (TPSA) is 109 Å². The van der Waals surface area contributed by atoms with Crippen LogP contribution >= 0.6 is 23.2 Å². The summed E-state index contributed by atoms with van der Waals surface area (Å²) in [6.45, 7) is 16.8. The van der Waals surface area contributed by atoms with Gasteiger partial charge in [0.1, 0.15) is 64.6 Å². The van der Waals surface area contributed by atoms with Crippen LogP contribution in [-0.4, -0.2) is 63.5 Å². The summed E-state index contributed by atoms with van der Waals surface area (Å²) in [6, 6.07) is 18.8. The van der Waals surface area contributed by atoms with Crippen LogP contribution in [0.15, 0.2) is 67.0 Å². The van der Waals surface area contributed by atoms with Crippen LogP contribution in [0.1, 0.15) is 13.0 Å². The Morgan fingerprint density at radius 2 is 1.37 bits per heavy atom. The van der Waals surface area contributed by atoms with Crippen molar-refractivity contribution < 1.29 is 19.3 Å². The van der Waals surface area contributed by atoms with Gasteiger partial charge in [-0.2, -0.15) is 0 Å². The number of halogens is 2. The number of hydrogen-bond acceptors (Lipinski definition) is 8. The number of fused-ring (bicyclic) bond motifs is 6. The average Bonchev–Trinajstić information content (AvgIpc) is 3.61. The SMILES string of the molecule is C.C[Si](C)(C)CCOCn1c(-c2nc(Cl)ccc2O)cc2cccnc21.C[Si](C)(C)CCOCn1c2c(c3cccnc31)COc1ccc(Cl)nc1-2. The number of hydrogen-bond donors (Lipinski definition) is 1. The molecule has 0 fully saturated rings. The highest BCUT2D eigenvalue weighted by molar-refractivity contribution is 6.76. The molecule has 0 aromatic carbocycles. The van der Waals surface area contributed by atoms with Crippen molar-refractivity contribution in [3.8, 4) is 34.3 Å². The second-order valence-electron chi connectivity index (χ2n) is 15.0. The monoisotopic (exact) mass is 778 g/mol. The number of nitrogens with zero attached hydrogens (tertiary/aromatic N) is 6. The van der Waals surface area contributed by atoms with Crippen LogP contribution < -0.4 is 4.74 Å².